The van der Waals surface area contributed by atoms with E-state index >= 15 is 0 Å². The molecule has 2 rings (SSSR count). The van der Waals surface area contributed by atoms with Gasteiger partial charge in [-0.1, -0.05) is 0 Å². The molecule has 2 amide bonds. The lowest BCUT2D eigenvalue weighted by atomic mass is 10.1. The Kier molecular flexibility index (Phi) is 4.77. The molecule has 1 aliphatic rings. The Bertz CT molecular complexity index is 500. The van der Waals surface area contributed by atoms with Crippen molar-refractivity contribution in [2.24, 2.45) is 5.92 Å². The van der Waals surface area contributed by atoms with Gasteiger partial charge < -0.3 is 15.1 Å². The number of thiophene rings is 1. The first-order chi connectivity index (χ1) is 9.51. The minimum atomic E-state index is -0.169. The van der Waals surface area contributed by atoms with Crippen LogP contribution in [0.4, 0.5) is 0 Å². The predicted molar refractivity (Wildman–Crippen MR) is 80.0 cm³/mol. The minimum absolute atomic E-state index is 0.00101. The van der Waals surface area contributed by atoms with E-state index in [9.17, 15) is 9.59 Å². The number of nitrogens with zero attached hydrogens (tertiary/aromatic N) is 2. The lowest BCUT2D eigenvalue weighted by molar-refractivity contribution is -0.125. The van der Waals surface area contributed by atoms with E-state index < -0.39 is 0 Å². The Morgan fingerprint density at radius 3 is 2.65 bits per heavy atom. The maximum absolute atomic E-state index is 12.5. The van der Waals surface area contributed by atoms with Crippen LogP contribution in [-0.4, -0.2) is 61.9 Å². The second-order valence-corrected chi connectivity index (χ2v) is 6.52. The average Bonchev–Trinajstić information content (AvgIpc) is 2.76. The van der Waals surface area contributed by atoms with Crippen molar-refractivity contribution in [3.8, 4) is 0 Å². The molecule has 1 N–H and O–H groups in total. The van der Waals surface area contributed by atoms with E-state index in [0.717, 1.165) is 16.3 Å². The Morgan fingerprint density at radius 1 is 1.30 bits per heavy atom. The maximum atomic E-state index is 12.5. The van der Waals surface area contributed by atoms with Crippen molar-refractivity contribution in [3.05, 3.63) is 21.9 Å². The zero-order chi connectivity index (χ0) is 14.7. The van der Waals surface area contributed by atoms with Gasteiger partial charge in [0, 0.05) is 38.1 Å². The molecule has 1 fully saturated rings. The minimum Gasteiger partial charge on any atom is -0.359 e. The molecule has 1 saturated heterocycles. The maximum Gasteiger partial charge on any atom is 0.263 e. The Labute approximate surface area is 123 Å². The normalized spacial score (nSPS) is 20.6. The number of likely N-dealkylation sites (N-methyl/N-ethyl adjacent to an activating group) is 1. The third-order valence-electron chi connectivity index (χ3n) is 3.58. The van der Waals surface area contributed by atoms with Gasteiger partial charge in [0.15, 0.2) is 0 Å². The summed E-state index contributed by atoms with van der Waals surface area (Å²) in [7, 11) is 3.63. The summed E-state index contributed by atoms with van der Waals surface area (Å²) in [6.07, 6.45) is 0. The van der Waals surface area contributed by atoms with E-state index in [0.29, 0.717) is 19.6 Å². The van der Waals surface area contributed by atoms with Crippen molar-refractivity contribution in [1.29, 1.82) is 0 Å². The van der Waals surface area contributed by atoms with E-state index in [-0.39, 0.29) is 17.7 Å². The second kappa shape index (κ2) is 6.37. The molecule has 1 aromatic rings. The highest BCUT2D eigenvalue weighted by Crippen LogP contribution is 2.19. The Morgan fingerprint density at radius 2 is 2.05 bits per heavy atom. The highest BCUT2D eigenvalue weighted by molar-refractivity contribution is 7.13. The molecule has 1 atom stereocenters. The number of carbonyl (C=O) groups excluding carboxylic acids is 2. The summed E-state index contributed by atoms with van der Waals surface area (Å²) < 4.78 is 0. The molecule has 20 heavy (non-hydrogen) atoms. The summed E-state index contributed by atoms with van der Waals surface area (Å²) in [6.45, 7) is 4.63. The van der Waals surface area contributed by atoms with Gasteiger partial charge in [-0.3, -0.25) is 9.59 Å². The molecule has 1 aliphatic heterocycles. The third kappa shape index (κ3) is 3.37. The van der Waals surface area contributed by atoms with Crippen LogP contribution < -0.4 is 5.32 Å². The summed E-state index contributed by atoms with van der Waals surface area (Å²) in [5.74, 6) is -0.135. The lowest BCUT2D eigenvalue weighted by Crippen LogP contribution is -2.41. The molecular formula is C14H21N3O2S. The summed E-state index contributed by atoms with van der Waals surface area (Å²) in [6, 6.07) is 3.82. The summed E-state index contributed by atoms with van der Waals surface area (Å²) >= 11 is 1.51. The molecule has 0 radical (unpaired) electrons. The first-order valence-corrected chi connectivity index (χ1v) is 7.58. The van der Waals surface area contributed by atoms with Crippen molar-refractivity contribution in [2.45, 2.75) is 6.92 Å². The van der Waals surface area contributed by atoms with Crippen LogP contribution in [0, 0.1) is 12.8 Å². The molecule has 1 aromatic heterocycles. The fourth-order valence-corrected chi connectivity index (χ4v) is 3.27. The zero-order valence-electron chi connectivity index (χ0n) is 12.2. The zero-order valence-corrected chi connectivity index (χ0v) is 13.0. The number of aryl methyl sites for hydroxylation is 1. The van der Waals surface area contributed by atoms with Gasteiger partial charge in [-0.25, -0.2) is 0 Å². The van der Waals surface area contributed by atoms with Gasteiger partial charge in [0.05, 0.1) is 10.8 Å². The van der Waals surface area contributed by atoms with E-state index in [1.807, 2.05) is 26.1 Å². The van der Waals surface area contributed by atoms with Gasteiger partial charge in [0.25, 0.3) is 5.91 Å². The number of rotatable bonds is 2. The molecule has 0 aliphatic carbocycles. The van der Waals surface area contributed by atoms with E-state index in [2.05, 4.69) is 10.2 Å². The lowest BCUT2D eigenvalue weighted by Gasteiger charge is -2.22. The molecule has 0 unspecified atom stereocenters. The van der Waals surface area contributed by atoms with Crippen LogP contribution in [0.25, 0.3) is 0 Å². The smallest absolute Gasteiger partial charge is 0.263 e. The van der Waals surface area contributed by atoms with Gasteiger partial charge in [0.2, 0.25) is 5.91 Å². The van der Waals surface area contributed by atoms with Crippen LogP contribution in [0.5, 0.6) is 0 Å². The molecule has 0 spiro atoms. The number of hydrogen-bond donors (Lipinski definition) is 1. The largest absolute Gasteiger partial charge is 0.359 e. The SMILES string of the molecule is CNC(=O)[C@@H]1CN(C)CCN(C(=O)c2ccc(C)s2)C1. The van der Waals surface area contributed by atoms with Crippen LogP contribution in [0.15, 0.2) is 12.1 Å². The molecular weight excluding hydrogens is 274 g/mol. The summed E-state index contributed by atoms with van der Waals surface area (Å²) in [4.78, 5) is 30.2. The van der Waals surface area contributed by atoms with Crippen molar-refractivity contribution in [3.63, 3.8) is 0 Å². The molecule has 2 heterocycles. The number of carbonyl (C=O) groups is 2. The number of nitrogens with one attached hydrogen (secondary N) is 1. The standard InChI is InChI=1S/C14H21N3O2S/c1-10-4-5-12(20-10)14(19)17-7-6-16(3)8-11(9-17)13(18)15-2/h4-5,11H,6-9H2,1-3H3,(H,15,18)/t11-/m1/s1. The Hall–Kier alpha value is -1.40. The van der Waals surface area contributed by atoms with Crippen LogP contribution in [0.3, 0.4) is 0 Å². The van der Waals surface area contributed by atoms with Gasteiger partial charge >= 0.3 is 0 Å². The van der Waals surface area contributed by atoms with Crippen LogP contribution in [0.2, 0.25) is 0 Å². The highest BCUT2D eigenvalue weighted by Gasteiger charge is 2.29. The second-order valence-electron chi connectivity index (χ2n) is 5.23. The number of hydrogen-bond acceptors (Lipinski definition) is 4. The van der Waals surface area contributed by atoms with Gasteiger partial charge in [0.1, 0.15) is 0 Å². The van der Waals surface area contributed by atoms with E-state index in [4.69, 9.17) is 0 Å². The van der Waals surface area contributed by atoms with Crippen molar-refractivity contribution >= 4 is 23.2 Å². The predicted octanol–water partition coefficient (Wildman–Crippen LogP) is 0.806. The monoisotopic (exact) mass is 295 g/mol. The molecule has 0 saturated carbocycles. The molecule has 5 nitrogen and oxygen atoms in total. The first-order valence-electron chi connectivity index (χ1n) is 6.77. The van der Waals surface area contributed by atoms with Gasteiger partial charge in [-0.2, -0.15) is 0 Å². The topological polar surface area (TPSA) is 52.7 Å². The molecule has 6 heteroatoms. The van der Waals surface area contributed by atoms with Gasteiger partial charge in [-0.05, 0) is 26.1 Å². The fourth-order valence-electron chi connectivity index (χ4n) is 2.43. The molecule has 0 bridgehead atoms. The highest BCUT2D eigenvalue weighted by atomic mass is 32.1. The summed E-state index contributed by atoms with van der Waals surface area (Å²) in [5, 5.41) is 2.69. The molecule has 110 valence electrons. The average molecular weight is 295 g/mol. The van der Waals surface area contributed by atoms with Gasteiger partial charge in [-0.15, -0.1) is 11.3 Å². The van der Waals surface area contributed by atoms with Crippen molar-refractivity contribution < 1.29 is 9.59 Å². The van der Waals surface area contributed by atoms with E-state index in [1.54, 1.807) is 11.9 Å². The number of amides is 2. The fraction of sp³-hybridized carbons (Fsp3) is 0.571. The third-order valence-corrected chi connectivity index (χ3v) is 4.57. The Balaban J connectivity index is 2.13. The molecule has 0 aromatic carbocycles. The quantitative estimate of drug-likeness (QED) is 0.878. The van der Waals surface area contributed by atoms with Crippen LogP contribution in [-0.2, 0) is 4.79 Å². The van der Waals surface area contributed by atoms with E-state index in [1.165, 1.54) is 11.3 Å². The van der Waals surface area contributed by atoms with Crippen molar-refractivity contribution in [1.82, 2.24) is 15.1 Å². The first kappa shape index (κ1) is 15.0. The van der Waals surface area contributed by atoms with Crippen molar-refractivity contribution in [2.75, 3.05) is 40.3 Å². The van der Waals surface area contributed by atoms with Crippen LogP contribution >= 0.6 is 11.3 Å². The van der Waals surface area contributed by atoms with Crippen LogP contribution in [0.1, 0.15) is 14.5 Å². The summed E-state index contributed by atoms with van der Waals surface area (Å²) in [5.41, 5.74) is 0.